The van der Waals surface area contributed by atoms with Crippen molar-refractivity contribution in [1.29, 1.82) is 0 Å². The van der Waals surface area contributed by atoms with Gasteiger partial charge in [-0.05, 0) is 35.7 Å². The lowest BCUT2D eigenvalue weighted by atomic mass is 9.84. The standard InChI is InChI=1S/C31H43F2N5O7/c1-17(2)20-11-12-38(23(20)27(42)36-21(24(40)26(34)41)13-19-14-31(19,32)33)28(43)25(30(3,4)5)37-29(44)35-15-22(39)45-16-18-9-7-6-8-10-18/h6-10,17,19-21,23,25H,11-16H2,1-5H3,(H2,34,41)(H,36,42)(H2,35,37,44)/t19?,20-,21?,23?,25?/m1/s1. The number of benzene rings is 1. The van der Waals surface area contributed by atoms with E-state index in [0.29, 0.717) is 6.42 Å². The van der Waals surface area contributed by atoms with Crippen molar-refractivity contribution < 1.29 is 42.3 Å². The largest absolute Gasteiger partial charge is 0.460 e. The number of ether oxygens (including phenoxy) is 1. The van der Waals surface area contributed by atoms with E-state index in [1.807, 2.05) is 19.9 Å². The summed E-state index contributed by atoms with van der Waals surface area (Å²) in [5.41, 5.74) is 5.06. The third-order valence-corrected chi connectivity index (χ3v) is 8.23. The Hall–Kier alpha value is -4.10. The van der Waals surface area contributed by atoms with Gasteiger partial charge in [0.1, 0.15) is 25.2 Å². The van der Waals surface area contributed by atoms with Crippen molar-refractivity contribution in [2.24, 2.45) is 28.9 Å². The summed E-state index contributed by atoms with van der Waals surface area (Å²) in [4.78, 5) is 78.1. The van der Waals surface area contributed by atoms with Gasteiger partial charge in [0.25, 0.3) is 11.8 Å². The molecule has 3 rings (SSSR count). The molecule has 2 fully saturated rings. The number of rotatable bonds is 13. The van der Waals surface area contributed by atoms with Crippen LogP contribution in [0.25, 0.3) is 0 Å². The second-order valence-corrected chi connectivity index (χ2v) is 13.1. The predicted octanol–water partition coefficient (Wildman–Crippen LogP) is 1.90. The Morgan fingerprint density at radius 3 is 2.22 bits per heavy atom. The van der Waals surface area contributed by atoms with Crippen LogP contribution in [0.1, 0.15) is 59.4 Å². The molecule has 5 atom stereocenters. The first-order valence-electron chi connectivity index (χ1n) is 15.0. The van der Waals surface area contributed by atoms with Gasteiger partial charge in [0, 0.05) is 18.9 Å². The number of esters is 1. The fraction of sp³-hybridized carbons (Fsp3) is 0.613. The van der Waals surface area contributed by atoms with Crippen LogP contribution >= 0.6 is 0 Å². The molecule has 14 heteroatoms. The summed E-state index contributed by atoms with van der Waals surface area (Å²) in [6, 6.07) is 4.35. The molecule has 248 valence electrons. The molecule has 1 aliphatic carbocycles. The zero-order valence-corrected chi connectivity index (χ0v) is 26.2. The summed E-state index contributed by atoms with van der Waals surface area (Å²) >= 11 is 0. The zero-order valence-electron chi connectivity index (χ0n) is 26.2. The molecule has 4 unspecified atom stereocenters. The van der Waals surface area contributed by atoms with Crippen LogP contribution in [0.5, 0.6) is 0 Å². The van der Waals surface area contributed by atoms with E-state index >= 15 is 0 Å². The lowest BCUT2D eigenvalue weighted by Crippen LogP contribution is -2.61. The summed E-state index contributed by atoms with van der Waals surface area (Å²) in [6.45, 7) is 8.58. The van der Waals surface area contributed by atoms with Crippen molar-refractivity contribution in [2.75, 3.05) is 13.1 Å². The molecule has 0 radical (unpaired) electrons. The Kier molecular flexibility index (Phi) is 11.3. The number of primary amides is 1. The van der Waals surface area contributed by atoms with E-state index in [2.05, 4.69) is 16.0 Å². The highest BCUT2D eigenvalue weighted by Gasteiger charge is 2.58. The van der Waals surface area contributed by atoms with E-state index in [0.717, 1.165) is 5.56 Å². The SMILES string of the molecule is CC(C)[C@H]1CCN(C(=O)C(NC(=O)NCC(=O)OCc2ccccc2)C(C)(C)C)C1C(=O)NC(CC1CC1(F)F)C(=O)C(N)=O. The van der Waals surface area contributed by atoms with E-state index in [1.165, 1.54) is 4.90 Å². The van der Waals surface area contributed by atoms with Crippen molar-refractivity contribution in [3.8, 4) is 0 Å². The van der Waals surface area contributed by atoms with Crippen LogP contribution in [0.2, 0.25) is 0 Å². The van der Waals surface area contributed by atoms with Crippen molar-refractivity contribution in [3.05, 3.63) is 35.9 Å². The molecular formula is C31H43F2N5O7. The number of hydrogen-bond donors (Lipinski definition) is 4. The quantitative estimate of drug-likeness (QED) is 0.189. The average Bonchev–Trinajstić information content (AvgIpc) is 3.34. The third-order valence-electron chi connectivity index (χ3n) is 8.23. The van der Waals surface area contributed by atoms with Crippen LogP contribution in [-0.4, -0.2) is 77.5 Å². The van der Waals surface area contributed by atoms with Gasteiger partial charge in [0.2, 0.25) is 17.6 Å². The molecule has 12 nitrogen and oxygen atoms in total. The molecule has 1 aliphatic heterocycles. The molecule has 0 bridgehead atoms. The normalized spacial score (nSPS) is 21.8. The van der Waals surface area contributed by atoms with Gasteiger partial charge in [0.05, 0.1) is 6.04 Å². The number of halogens is 2. The molecule has 1 aromatic carbocycles. The number of Topliss-reactive ketones (excluding diaryl/α,β-unsaturated/α-hetero) is 1. The Balaban J connectivity index is 1.71. The summed E-state index contributed by atoms with van der Waals surface area (Å²) in [7, 11) is 0. The molecule has 1 heterocycles. The number of alkyl halides is 2. The lowest BCUT2D eigenvalue weighted by molar-refractivity contribution is -0.144. The van der Waals surface area contributed by atoms with E-state index in [-0.39, 0.29) is 25.0 Å². The van der Waals surface area contributed by atoms with Crippen LogP contribution in [-0.2, 0) is 35.3 Å². The number of amides is 5. The summed E-state index contributed by atoms with van der Waals surface area (Å²) in [6.07, 6.45) is -0.513. The number of hydrogen-bond acceptors (Lipinski definition) is 7. The van der Waals surface area contributed by atoms with E-state index in [9.17, 15) is 37.5 Å². The number of urea groups is 1. The predicted molar refractivity (Wildman–Crippen MR) is 158 cm³/mol. The van der Waals surface area contributed by atoms with Crippen molar-refractivity contribution in [2.45, 2.75) is 84.5 Å². The van der Waals surface area contributed by atoms with Gasteiger partial charge in [-0.25, -0.2) is 13.6 Å². The monoisotopic (exact) mass is 635 g/mol. The second-order valence-electron chi connectivity index (χ2n) is 13.1. The first kappa shape index (κ1) is 35.4. The molecule has 1 saturated carbocycles. The second kappa shape index (κ2) is 14.3. The smallest absolute Gasteiger partial charge is 0.325 e. The van der Waals surface area contributed by atoms with Gasteiger partial charge in [-0.2, -0.15) is 0 Å². The van der Waals surface area contributed by atoms with E-state index in [1.54, 1.807) is 45.0 Å². The highest BCUT2D eigenvalue weighted by Crippen LogP contribution is 2.51. The van der Waals surface area contributed by atoms with Gasteiger partial charge in [-0.15, -0.1) is 0 Å². The maximum atomic E-state index is 14.0. The minimum absolute atomic E-state index is 0.0243. The Bertz CT molecular complexity index is 1280. The van der Waals surface area contributed by atoms with Gasteiger partial charge >= 0.3 is 12.0 Å². The number of nitrogens with two attached hydrogens (primary N) is 1. The molecule has 2 aliphatic rings. The molecule has 1 aromatic rings. The Labute approximate surface area is 261 Å². The molecule has 5 amide bonds. The first-order chi connectivity index (χ1) is 20.9. The fourth-order valence-corrected chi connectivity index (χ4v) is 5.51. The number of nitrogens with one attached hydrogen (secondary N) is 3. The molecule has 0 spiro atoms. The van der Waals surface area contributed by atoms with Crippen LogP contribution in [0.4, 0.5) is 13.6 Å². The molecular weight excluding hydrogens is 592 g/mol. The van der Waals surface area contributed by atoms with Gasteiger partial charge in [-0.3, -0.25) is 24.0 Å². The lowest BCUT2D eigenvalue weighted by Gasteiger charge is -2.37. The average molecular weight is 636 g/mol. The molecule has 5 N–H and O–H groups in total. The number of nitrogens with zero attached hydrogens (tertiary/aromatic N) is 1. The van der Waals surface area contributed by atoms with Crippen LogP contribution in [0, 0.1) is 23.2 Å². The Morgan fingerprint density at radius 1 is 1.07 bits per heavy atom. The third kappa shape index (κ3) is 9.44. The topological polar surface area (TPSA) is 177 Å². The summed E-state index contributed by atoms with van der Waals surface area (Å²) < 4.78 is 32.5. The Morgan fingerprint density at radius 2 is 1.69 bits per heavy atom. The fourth-order valence-electron chi connectivity index (χ4n) is 5.51. The van der Waals surface area contributed by atoms with Crippen molar-refractivity contribution >= 4 is 35.5 Å². The van der Waals surface area contributed by atoms with Crippen LogP contribution in [0.15, 0.2) is 30.3 Å². The first-order valence-corrected chi connectivity index (χ1v) is 15.0. The van der Waals surface area contributed by atoms with Crippen molar-refractivity contribution in [1.82, 2.24) is 20.9 Å². The summed E-state index contributed by atoms with van der Waals surface area (Å²) in [5.74, 6) is -9.25. The minimum atomic E-state index is -3.00. The van der Waals surface area contributed by atoms with Crippen LogP contribution < -0.4 is 21.7 Å². The maximum absolute atomic E-state index is 14.0. The maximum Gasteiger partial charge on any atom is 0.325 e. The van der Waals surface area contributed by atoms with Crippen LogP contribution in [0.3, 0.4) is 0 Å². The van der Waals surface area contributed by atoms with E-state index in [4.69, 9.17) is 10.5 Å². The molecule has 1 saturated heterocycles. The minimum Gasteiger partial charge on any atom is -0.460 e. The zero-order chi connectivity index (χ0) is 33.7. The number of ketones is 1. The molecule has 0 aromatic heterocycles. The number of carbonyl (C=O) groups is 6. The highest BCUT2D eigenvalue weighted by molar-refractivity contribution is 6.37. The summed E-state index contributed by atoms with van der Waals surface area (Å²) in [5, 5.41) is 7.42. The molecule has 45 heavy (non-hydrogen) atoms. The van der Waals surface area contributed by atoms with Gasteiger partial charge in [0.15, 0.2) is 0 Å². The van der Waals surface area contributed by atoms with Gasteiger partial charge in [-0.1, -0.05) is 65.0 Å². The number of likely N-dealkylation sites (tertiary alicyclic amines) is 1. The highest BCUT2D eigenvalue weighted by atomic mass is 19.3. The number of carbonyl (C=O) groups excluding carboxylic acids is 6. The van der Waals surface area contributed by atoms with Gasteiger partial charge < -0.3 is 31.3 Å². The van der Waals surface area contributed by atoms with E-state index < -0.39 is 90.3 Å². The van der Waals surface area contributed by atoms with Crippen molar-refractivity contribution in [3.63, 3.8) is 0 Å².